The normalized spacial score (nSPS) is 10.3. The molecule has 1 amide bonds. The summed E-state index contributed by atoms with van der Waals surface area (Å²) in [6.07, 6.45) is 0. The van der Waals surface area contributed by atoms with Gasteiger partial charge in [0.25, 0.3) is 0 Å². The molecule has 2 aromatic carbocycles. The molecule has 0 saturated heterocycles. The Morgan fingerprint density at radius 3 is 2.52 bits per heavy atom. The van der Waals surface area contributed by atoms with Gasteiger partial charge in [0.1, 0.15) is 17.3 Å². The number of rotatable bonds is 4. The van der Waals surface area contributed by atoms with Crippen LogP contribution in [0.25, 0.3) is 0 Å². The molecule has 21 heavy (non-hydrogen) atoms. The second kappa shape index (κ2) is 6.54. The van der Waals surface area contributed by atoms with E-state index in [1.165, 1.54) is 6.07 Å². The number of amides is 1. The molecule has 0 heterocycles. The Balaban J connectivity index is 2.01. The monoisotopic (exact) mass is 310 g/mol. The van der Waals surface area contributed by atoms with Crippen LogP contribution in [0, 0.1) is 18.6 Å². The fraction of sp³-hybridized carbons (Fsp3) is 0.133. The molecule has 2 aromatic rings. The van der Waals surface area contributed by atoms with Crippen LogP contribution in [0.5, 0.6) is 0 Å². The minimum atomic E-state index is -0.817. The molecule has 2 N–H and O–H groups in total. The zero-order chi connectivity index (χ0) is 15.4. The first-order valence-electron chi connectivity index (χ1n) is 6.21. The Morgan fingerprint density at radius 2 is 1.86 bits per heavy atom. The standard InChI is InChI=1S/C15H13ClF2N2O/c1-9-5-6-10(16)7-13(9)19-8-14(21)20-15-11(17)3-2-4-12(15)18/h2-7,19H,8H2,1H3,(H,20,21). The van der Waals surface area contributed by atoms with Crippen molar-refractivity contribution >= 4 is 28.9 Å². The Bertz CT molecular complexity index is 656. The van der Waals surface area contributed by atoms with Crippen LogP contribution in [-0.2, 0) is 4.79 Å². The van der Waals surface area contributed by atoms with Crippen LogP contribution in [-0.4, -0.2) is 12.5 Å². The maximum absolute atomic E-state index is 13.4. The number of nitrogens with one attached hydrogen (secondary N) is 2. The molecule has 110 valence electrons. The predicted octanol–water partition coefficient (Wildman–Crippen LogP) is 3.98. The van der Waals surface area contributed by atoms with Gasteiger partial charge in [0.05, 0.1) is 6.54 Å². The summed E-state index contributed by atoms with van der Waals surface area (Å²) in [5.41, 5.74) is 1.14. The van der Waals surface area contributed by atoms with E-state index in [-0.39, 0.29) is 6.54 Å². The largest absolute Gasteiger partial charge is 0.376 e. The van der Waals surface area contributed by atoms with Crippen LogP contribution in [0.1, 0.15) is 5.56 Å². The molecule has 0 aliphatic heterocycles. The van der Waals surface area contributed by atoms with Crippen LogP contribution >= 0.6 is 11.6 Å². The van der Waals surface area contributed by atoms with E-state index in [4.69, 9.17) is 11.6 Å². The highest BCUT2D eigenvalue weighted by atomic mass is 35.5. The number of halogens is 3. The maximum atomic E-state index is 13.4. The Kier molecular flexibility index (Phi) is 4.75. The van der Waals surface area contributed by atoms with Crippen LogP contribution in [0.2, 0.25) is 5.02 Å². The summed E-state index contributed by atoms with van der Waals surface area (Å²) in [4.78, 5) is 11.7. The van der Waals surface area contributed by atoms with Crippen LogP contribution < -0.4 is 10.6 Å². The van der Waals surface area contributed by atoms with Crippen molar-refractivity contribution in [2.75, 3.05) is 17.2 Å². The number of hydrogen-bond acceptors (Lipinski definition) is 2. The fourth-order valence-electron chi connectivity index (χ4n) is 1.76. The van der Waals surface area contributed by atoms with Gasteiger partial charge in [-0.2, -0.15) is 0 Å². The van der Waals surface area contributed by atoms with Gasteiger partial charge in [-0.05, 0) is 36.8 Å². The van der Waals surface area contributed by atoms with Crippen molar-refractivity contribution < 1.29 is 13.6 Å². The molecular weight excluding hydrogens is 298 g/mol. The first-order valence-corrected chi connectivity index (χ1v) is 6.59. The quantitative estimate of drug-likeness (QED) is 0.897. The number of carbonyl (C=O) groups is 1. The molecule has 6 heteroatoms. The molecule has 0 aromatic heterocycles. The van der Waals surface area contributed by atoms with Crippen molar-refractivity contribution in [2.45, 2.75) is 6.92 Å². The van der Waals surface area contributed by atoms with E-state index in [0.29, 0.717) is 10.7 Å². The lowest BCUT2D eigenvalue weighted by Gasteiger charge is -2.11. The lowest BCUT2D eigenvalue weighted by molar-refractivity contribution is -0.114. The van der Waals surface area contributed by atoms with Gasteiger partial charge in [-0.1, -0.05) is 23.7 Å². The molecule has 2 rings (SSSR count). The number of carbonyl (C=O) groups excluding carboxylic acids is 1. The summed E-state index contributed by atoms with van der Waals surface area (Å²) in [6.45, 7) is 1.72. The SMILES string of the molecule is Cc1ccc(Cl)cc1NCC(=O)Nc1c(F)cccc1F. The molecule has 3 nitrogen and oxygen atoms in total. The summed E-state index contributed by atoms with van der Waals surface area (Å²) in [6, 6.07) is 8.60. The lowest BCUT2D eigenvalue weighted by Crippen LogP contribution is -2.23. The first-order chi connectivity index (χ1) is 9.97. The summed E-state index contributed by atoms with van der Waals surface area (Å²) in [7, 11) is 0. The van der Waals surface area contributed by atoms with Gasteiger partial charge in [0.2, 0.25) is 5.91 Å². The summed E-state index contributed by atoms with van der Waals surface area (Å²) in [5, 5.41) is 5.60. The third kappa shape index (κ3) is 3.92. The van der Waals surface area contributed by atoms with Crippen molar-refractivity contribution in [3.63, 3.8) is 0 Å². The lowest BCUT2D eigenvalue weighted by atomic mass is 10.2. The maximum Gasteiger partial charge on any atom is 0.243 e. The molecule has 0 fully saturated rings. The zero-order valence-corrected chi connectivity index (χ0v) is 12.0. The molecule has 0 atom stereocenters. The van der Waals surface area contributed by atoms with Crippen molar-refractivity contribution in [1.29, 1.82) is 0 Å². The second-order valence-corrected chi connectivity index (χ2v) is 4.89. The molecule has 0 saturated carbocycles. The van der Waals surface area contributed by atoms with Gasteiger partial charge in [0.15, 0.2) is 0 Å². The third-order valence-corrected chi connectivity index (χ3v) is 3.10. The van der Waals surface area contributed by atoms with Gasteiger partial charge >= 0.3 is 0 Å². The highest BCUT2D eigenvalue weighted by molar-refractivity contribution is 6.30. The van der Waals surface area contributed by atoms with Crippen molar-refractivity contribution in [2.24, 2.45) is 0 Å². The fourth-order valence-corrected chi connectivity index (χ4v) is 1.93. The highest BCUT2D eigenvalue weighted by Gasteiger charge is 2.11. The minimum Gasteiger partial charge on any atom is -0.376 e. The average molecular weight is 311 g/mol. The van der Waals surface area contributed by atoms with Crippen molar-refractivity contribution in [3.05, 3.63) is 58.6 Å². The van der Waals surface area contributed by atoms with Crippen LogP contribution in [0.4, 0.5) is 20.2 Å². The summed E-state index contributed by atoms with van der Waals surface area (Å²) in [5.74, 6) is -2.19. The van der Waals surface area contributed by atoms with Crippen LogP contribution in [0.3, 0.4) is 0 Å². The molecule has 0 spiro atoms. The number of hydrogen-bond donors (Lipinski definition) is 2. The summed E-state index contributed by atoms with van der Waals surface area (Å²) >= 11 is 5.86. The zero-order valence-electron chi connectivity index (χ0n) is 11.2. The molecule has 0 radical (unpaired) electrons. The molecular formula is C15H13ClF2N2O. The van der Waals surface area contributed by atoms with Gasteiger partial charge < -0.3 is 10.6 Å². The molecule has 0 aliphatic carbocycles. The van der Waals surface area contributed by atoms with Crippen molar-refractivity contribution in [1.82, 2.24) is 0 Å². The third-order valence-electron chi connectivity index (χ3n) is 2.87. The Hall–Kier alpha value is -2.14. The molecule has 0 bridgehead atoms. The van der Waals surface area contributed by atoms with E-state index < -0.39 is 23.2 Å². The van der Waals surface area contributed by atoms with Gasteiger partial charge in [0, 0.05) is 10.7 Å². The Labute approximate surface area is 125 Å². The van der Waals surface area contributed by atoms with Gasteiger partial charge in [-0.3, -0.25) is 4.79 Å². The second-order valence-electron chi connectivity index (χ2n) is 4.46. The minimum absolute atomic E-state index is 0.130. The van der Waals surface area contributed by atoms with Crippen LogP contribution in [0.15, 0.2) is 36.4 Å². The summed E-state index contributed by atoms with van der Waals surface area (Å²) < 4.78 is 26.8. The number of aryl methyl sites for hydroxylation is 1. The Morgan fingerprint density at radius 1 is 1.19 bits per heavy atom. The smallest absolute Gasteiger partial charge is 0.243 e. The van der Waals surface area contributed by atoms with E-state index in [1.807, 2.05) is 6.92 Å². The average Bonchev–Trinajstić information content (AvgIpc) is 2.44. The van der Waals surface area contributed by atoms with Crippen molar-refractivity contribution in [3.8, 4) is 0 Å². The molecule has 0 unspecified atom stereocenters. The van der Waals surface area contributed by atoms with E-state index in [2.05, 4.69) is 10.6 Å². The number of benzene rings is 2. The van der Waals surface area contributed by atoms with E-state index in [0.717, 1.165) is 17.7 Å². The highest BCUT2D eigenvalue weighted by Crippen LogP contribution is 2.20. The van der Waals surface area contributed by atoms with Gasteiger partial charge in [-0.15, -0.1) is 0 Å². The van der Waals surface area contributed by atoms with Gasteiger partial charge in [-0.25, -0.2) is 8.78 Å². The first kappa shape index (κ1) is 15.3. The number of anilines is 2. The van der Waals surface area contributed by atoms with E-state index in [1.54, 1.807) is 18.2 Å². The topological polar surface area (TPSA) is 41.1 Å². The predicted molar refractivity (Wildman–Crippen MR) is 79.7 cm³/mol. The number of para-hydroxylation sites is 1. The van der Waals surface area contributed by atoms with E-state index >= 15 is 0 Å². The van der Waals surface area contributed by atoms with E-state index in [9.17, 15) is 13.6 Å². The molecule has 0 aliphatic rings.